The summed E-state index contributed by atoms with van der Waals surface area (Å²) in [6.45, 7) is 1.54. The summed E-state index contributed by atoms with van der Waals surface area (Å²) in [6, 6.07) is 13.9. The lowest BCUT2D eigenvalue weighted by molar-refractivity contribution is 0.224. The van der Waals surface area contributed by atoms with Gasteiger partial charge in [-0.1, -0.05) is 48.6 Å². The second-order valence-corrected chi connectivity index (χ2v) is 6.67. The van der Waals surface area contributed by atoms with E-state index >= 15 is 0 Å². The Labute approximate surface area is 141 Å². The number of hydrogen-bond donors (Lipinski definition) is 0. The van der Waals surface area contributed by atoms with Crippen molar-refractivity contribution in [3.8, 4) is 0 Å². The highest BCUT2D eigenvalue weighted by Gasteiger charge is 2.38. The van der Waals surface area contributed by atoms with Crippen molar-refractivity contribution in [1.29, 1.82) is 0 Å². The van der Waals surface area contributed by atoms with E-state index in [4.69, 9.17) is 0 Å². The van der Waals surface area contributed by atoms with Gasteiger partial charge in [-0.05, 0) is 42.1 Å². The lowest BCUT2D eigenvalue weighted by Gasteiger charge is -2.37. The predicted molar refractivity (Wildman–Crippen MR) is 93.2 cm³/mol. The number of allylic oxidation sites excluding steroid dienone is 1. The Kier molecular flexibility index (Phi) is 4.19. The normalized spacial score (nSPS) is 23.4. The van der Waals surface area contributed by atoms with Crippen molar-refractivity contribution in [2.45, 2.75) is 24.8 Å². The molecule has 0 radical (unpaired) electrons. The van der Waals surface area contributed by atoms with Crippen molar-refractivity contribution >= 4 is 6.08 Å². The molecule has 0 spiro atoms. The van der Waals surface area contributed by atoms with E-state index in [0.717, 1.165) is 42.6 Å². The van der Waals surface area contributed by atoms with Gasteiger partial charge in [0, 0.05) is 24.1 Å². The monoisotopic (exact) mass is 323 g/mol. The van der Waals surface area contributed by atoms with Gasteiger partial charge in [0.05, 0.1) is 0 Å². The van der Waals surface area contributed by atoms with Crippen LogP contribution in [0.2, 0.25) is 0 Å². The molecule has 2 aliphatic rings. The van der Waals surface area contributed by atoms with E-state index in [1.807, 2.05) is 18.2 Å². The van der Waals surface area contributed by atoms with Gasteiger partial charge in [-0.2, -0.15) is 0 Å². The fraction of sp³-hybridized carbons (Fsp3) is 0.333. The first-order chi connectivity index (χ1) is 11.8. The number of benzene rings is 2. The summed E-state index contributed by atoms with van der Waals surface area (Å²) in [5.74, 6) is 0.126. The molecule has 2 aromatic carbocycles. The molecule has 1 nitrogen and oxygen atoms in total. The Bertz CT molecular complexity index is 751. The number of nitrogens with zero attached hydrogens (tertiary/aromatic N) is 1. The van der Waals surface area contributed by atoms with Crippen molar-refractivity contribution in [2.24, 2.45) is 0 Å². The first kappa shape index (κ1) is 15.5. The molecule has 2 aliphatic heterocycles. The van der Waals surface area contributed by atoms with Crippen LogP contribution in [0.3, 0.4) is 0 Å². The molecule has 0 unspecified atom stereocenters. The molecule has 0 N–H and O–H groups in total. The van der Waals surface area contributed by atoms with Crippen LogP contribution in [0.4, 0.5) is 8.78 Å². The number of halogens is 2. The van der Waals surface area contributed by atoms with Crippen LogP contribution in [0.15, 0.2) is 48.5 Å². The molecule has 0 saturated carbocycles. The minimum absolute atomic E-state index is 0.0726. The zero-order chi connectivity index (χ0) is 16.5. The van der Waals surface area contributed by atoms with Gasteiger partial charge in [-0.3, -0.25) is 4.90 Å². The topological polar surface area (TPSA) is 3.24 Å². The zero-order valence-electron chi connectivity index (χ0n) is 13.6. The molecule has 2 heterocycles. The van der Waals surface area contributed by atoms with Crippen molar-refractivity contribution in [3.63, 3.8) is 0 Å². The first-order valence-electron chi connectivity index (χ1n) is 8.63. The van der Waals surface area contributed by atoms with Crippen LogP contribution in [0.5, 0.6) is 0 Å². The third-order valence-corrected chi connectivity index (χ3v) is 5.31. The average molecular weight is 323 g/mol. The summed E-state index contributed by atoms with van der Waals surface area (Å²) in [5, 5.41) is 0. The smallest absolute Gasteiger partial charge is 0.128 e. The summed E-state index contributed by atoms with van der Waals surface area (Å²) in [4.78, 5) is 2.42. The molecule has 124 valence electrons. The Morgan fingerprint density at radius 3 is 2.75 bits per heavy atom. The van der Waals surface area contributed by atoms with Crippen LogP contribution in [-0.2, 0) is 0 Å². The van der Waals surface area contributed by atoms with E-state index in [9.17, 15) is 8.78 Å². The Morgan fingerprint density at radius 2 is 1.96 bits per heavy atom. The van der Waals surface area contributed by atoms with Crippen molar-refractivity contribution in [3.05, 3.63) is 76.6 Å². The Hall–Kier alpha value is -2.00. The second-order valence-electron chi connectivity index (χ2n) is 6.67. The highest BCUT2D eigenvalue weighted by Crippen LogP contribution is 2.45. The predicted octanol–water partition coefficient (Wildman–Crippen LogP) is 5.09. The van der Waals surface area contributed by atoms with E-state index in [1.165, 1.54) is 11.6 Å². The van der Waals surface area contributed by atoms with Crippen LogP contribution >= 0.6 is 0 Å². The molecular formula is C21H21F2N. The van der Waals surface area contributed by atoms with Gasteiger partial charge in [0.1, 0.15) is 12.5 Å². The van der Waals surface area contributed by atoms with Crippen LogP contribution in [0, 0.1) is 5.82 Å². The largest absolute Gasteiger partial charge is 0.295 e. The van der Waals surface area contributed by atoms with Gasteiger partial charge in [0.2, 0.25) is 0 Å². The van der Waals surface area contributed by atoms with Crippen molar-refractivity contribution in [2.75, 3.05) is 19.8 Å². The molecule has 0 amide bonds. The molecule has 0 aliphatic carbocycles. The van der Waals surface area contributed by atoms with E-state index in [1.54, 1.807) is 12.1 Å². The van der Waals surface area contributed by atoms with Crippen LogP contribution < -0.4 is 0 Å². The van der Waals surface area contributed by atoms with Crippen LogP contribution in [0.1, 0.15) is 47.1 Å². The minimum Gasteiger partial charge on any atom is -0.295 e. The molecule has 0 aromatic heterocycles. The molecule has 1 saturated heterocycles. The summed E-state index contributed by atoms with van der Waals surface area (Å²) >= 11 is 0. The van der Waals surface area contributed by atoms with E-state index < -0.39 is 6.67 Å². The van der Waals surface area contributed by atoms with Crippen molar-refractivity contribution < 1.29 is 8.78 Å². The highest BCUT2D eigenvalue weighted by molar-refractivity contribution is 5.51. The fourth-order valence-corrected chi connectivity index (χ4v) is 4.22. The lowest BCUT2D eigenvalue weighted by Crippen LogP contribution is -2.35. The third kappa shape index (κ3) is 2.67. The lowest BCUT2D eigenvalue weighted by atomic mass is 9.81. The standard InChI is InChI=1S/C21H21F2N/c22-12-2-4-15-8-10-16(11-9-15)18-14-24-13-3-7-20(24)21-17(18)5-1-6-19(21)23/h1-2,4-6,8-11,18,20H,3,7,12-14H2/b4-2+/t18-,20+/m0/s1/i22-1,23-1. The SMILES string of the molecule is [18F]C/C=C/c1ccc([C@@H]2CN3CCC[C@@H]3c3c([18F])cccc32)cc1. The molecular weight excluding hydrogens is 302 g/mol. The summed E-state index contributed by atoms with van der Waals surface area (Å²) in [6.07, 6.45) is 5.48. The van der Waals surface area contributed by atoms with Gasteiger partial charge >= 0.3 is 0 Å². The maximum absolute atomic E-state index is 14.5. The number of rotatable bonds is 3. The molecule has 3 heteroatoms. The Balaban J connectivity index is 1.72. The van der Waals surface area contributed by atoms with E-state index in [-0.39, 0.29) is 17.8 Å². The van der Waals surface area contributed by atoms with E-state index in [0.29, 0.717) is 0 Å². The quantitative estimate of drug-likeness (QED) is 0.760. The summed E-state index contributed by atoms with van der Waals surface area (Å²) < 4.78 is 26.8. The maximum atomic E-state index is 14.5. The maximum Gasteiger partial charge on any atom is 0.128 e. The van der Waals surface area contributed by atoms with Gasteiger partial charge < -0.3 is 0 Å². The fourth-order valence-electron chi connectivity index (χ4n) is 4.22. The van der Waals surface area contributed by atoms with Gasteiger partial charge in [0.15, 0.2) is 0 Å². The van der Waals surface area contributed by atoms with E-state index in [2.05, 4.69) is 23.1 Å². The molecule has 24 heavy (non-hydrogen) atoms. The average Bonchev–Trinajstić information content (AvgIpc) is 3.08. The highest BCUT2D eigenvalue weighted by atomic mass is 18.2. The molecule has 4 rings (SSSR count). The van der Waals surface area contributed by atoms with Crippen LogP contribution in [0.25, 0.3) is 6.08 Å². The Morgan fingerprint density at radius 1 is 1.12 bits per heavy atom. The van der Waals surface area contributed by atoms with Crippen molar-refractivity contribution in [1.82, 2.24) is 4.90 Å². The number of hydrogen-bond acceptors (Lipinski definition) is 1. The minimum atomic E-state index is -0.451. The van der Waals surface area contributed by atoms with Crippen LogP contribution in [-0.4, -0.2) is 24.7 Å². The molecule has 2 atom stereocenters. The number of alkyl halides is 1. The molecule has 1 fully saturated rings. The third-order valence-electron chi connectivity index (χ3n) is 5.31. The van der Waals surface area contributed by atoms with Gasteiger partial charge in [-0.15, -0.1) is 0 Å². The van der Waals surface area contributed by atoms with Gasteiger partial charge in [-0.25, -0.2) is 8.78 Å². The summed E-state index contributed by atoms with van der Waals surface area (Å²) in [7, 11) is 0. The summed E-state index contributed by atoms with van der Waals surface area (Å²) in [5.41, 5.74) is 4.22. The molecule has 2 aromatic rings. The second kappa shape index (κ2) is 6.48. The first-order valence-corrected chi connectivity index (χ1v) is 8.63. The van der Waals surface area contributed by atoms with Gasteiger partial charge in [0.25, 0.3) is 0 Å². The zero-order valence-corrected chi connectivity index (χ0v) is 13.6. The molecule has 0 bridgehead atoms. The number of fused-ring (bicyclic) bond motifs is 3.